The lowest BCUT2D eigenvalue weighted by molar-refractivity contribution is -0.150. The smallest absolute Gasteiger partial charge is 0.305 e. The molecule has 0 aromatic heterocycles. The van der Waals surface area contributed by atoms with Gasteiger partial charge in [-0.3, -0.25) is 76.7 Å². The van der Waals surface area contributed by atoms with Crippen molar-refractivity contribution in [1.29, 1.82) is 0 Å². The van der Waals surface area contributed by atoms with E-state index in [1.165, 1.54) is 41.0 Å². The Hall–Kier alpha value is -10.4. The lowest BCUT2D eigenvalue weighted by atomic mass is 9.97. The molecule has 0 unspecified atom stereocenters. The van der Waals surface area contributed by atoms with E-state index >= 15 is 14.4 Å². The number of carbonyl (C=O) groups is 16. The van der Waals surface area contributed by atoms with Gasteiger partial charge in [0.05, 0.1) is 26.0 Å². The second kappa shape index (κ2) is 38.6. The summed E-state index contributed by atoms with van der Waals surface area (Å²) in [6, 6.07) is 1.25. The van der Waals surface area contributed by atoms with Crippen LogP contribution in [0.2, 0.25) is 0 Å². The summed E-state index contributed by atoms with van der Waals surface area (Å²) >= 11 is 0. The van der Waals surface area contributed by atoms with Crippen LogP contribution in [0.5, 0.6) is 5.75 Å². The van der Waals surface area contributed by atoms with E-state index in [1.807, 2.05) is 0 Å². The van der Waals surface area contributed by atoms with Crippen LogP contribution in [0.4, 0.5) is 0 Å². The fourth-order valence-corrected chi connectivity index (χ4v) is 15.3. The summed E-state index contributed by atoms with van der Waals surface area (Å²) in [5.41, 5.74) is 1.32. The lowest BCUT2D eigenvalue weighted by Gasteiger charge is -2.34. The summed E-state index contributed by atoms with van der Waals surface area (Å²) in [5.74, 6) is -18.7. The minimum Gasteiger partial charge on any atom is -0.508 e. The van der Waals surface area contributed by atoms with Crippen molar-refractivity contribution in [1.82, 2.24) is 73.2 Å². The number of phenols is 1. The van der Waals surface area contributed by atoms with Crippen molar-refractivity contribution in [2.24, 2.45) is 5.92 Å². The van der Waals surface area contributed by atoms with Crippen LogP contribution >= 0.6 is 21.6 Å². The van der Waals surface area contributed by atoms with Gasteiger partial charge in [0.25, 0.3) is 0 Å². The number of aliphatic carboxylic acids is 2. The van der Waals surface area contributed by atoms with Crippen LogP contribution in [-0.4, -0.2) is 253 Å². The Kier molecular flexibility index (Phi) is 29.6. The molecule has 5 heterocycles. The summed E-state index contributed by atoms with van der Waals surface area (Å²) in [6.45, 7) is 2.37. The number of hydrogen-bond acceptors (Lipinski definition) is 20. The molecular weight excluding hydrogens is 1420 g/mol. The van der Waals surface area contributed by atoms with Crippen molar-refractivity contribution < 1.29 is 97.1 Å². The first-order chi connectivity index (χ1) is 50.6. The first-order valence-electron chi connectivity index (χ1n) is 35.0. The fraction of sp³-hybridized carbons (Fsp3) is 0.514. The summed E-state index contributed by atoms with van der Waals surface area (Å²) in [5, 5.41) is 68.6. The molecule has 5 fully saturated rings. The molecule has 0 spiro atoms. The first kappa shape index (κ1) is 81.3. The summed E-state index contributed by atoms with van der Waals surface area (Å²) in [4.78, 5) is 233. The van der Waals surface area contributed by atoms with Gasteiger partial charge in [0.15, 0.2) is 0 Å². The molecule has 5 aliphatic rings. The quantitative estimate of drug-likeness (QED) is 0.0748. The van der Waals surface area contributed by atoms with Crippen LogP contribution in [0.1, 0.15) is 95.2 Å². The van der Waals surface area contributed by atoms with Crippen molar-refractivity contribution in [3.8, 4) is 5.75 Å². The minimum absolute atomic E-state index is 0.00179. The van der Waals surface area contributed by atoms with Gasteiger partial charge in [-0.1, -0.05) is 115 Å². The summed E-state index contributed by atoms with van der Waals surface area (Å²) < 4.78 is 0. The van der Waals surface area contributed by atoms with Crippen molar-refractivity contribution in [2.45, 2.75) is 176 Å². The Balaban J connectivity index is 1.22. The third-order valence-corrected chi connectivity index (χ3v) is 21.4. The van der Waals surface area contributed by atoms with Gasteiger partial charge in [0, 0.05) is 50.4 Å². The Morgan fingerprint density at radius 2 is 0.877 bits per heavy atom. The molecule has 14 amide bonds. The van der Waals surface area contributed by atoms with Gasteiger partial charge >= 0.3 is 11.9 Å². The molecule has 34 nitrogen and oxygen atoms in total. The molecule has 3 aromatic carbocycles. The van der Waals surface area contributed by atoms with E-state index in [0.29, 0.717) is 16.7 Å². The highest BCUT2D eigenvalue weighted by atomic mass is 33.1. The number of aliphatic hydroxyl groups excluding tert-OH is 1. The highest BCUT2D eigenvalue weighted by molar-refractivity contribution is 8.76. The van der Waals surface area contributed by atoms with Crippen LogP contribution < -0.4 is 58.5 Å². The van der Waals surface area contributed by atoms with Crippen LogP contribution in [-0.2, 0) is 96.0 Å². The standard InChI is InChI=1S/C70H90N14O20S2/c1-4-37(2)57-67(101)80-50-36-106-105-35-49(79-60(94)43(28-39-14-7-5-8-15-39)73-54(87)33-71-59(93)45(31-55(88)89)75-65(99)51-18-11-25-82(51)68(102)46(76-64(50)98)30-40-16-9-6-10-17-40)63(97)72-38(3)58(92)74-44(29-41-21-23-42(86)24-22-41)61(95)78-48(34-85)62(96)77-47(32-56(90)91)69(103)84-27-13-20-53(84)70(104)83-26-12-19-52(83)66(100)81-57/h5-10,14-17,21-24,37-38,43-53,57,85-86H,4,11-13,18-20,25-36H2,1-3H3,(H,71,93)(H,72,97)(H,73,87)(H,74,92)(H,75,99)(H,76,98)(H,77,96)(H,78,95)(H,79,94)(H,80,101)(H,81,100)(H,88,89)(H,90,91)/t37-,38-,43-,44-,45-,46-,47-,48-,49-,50-,51-,52-,53-,57-/m0/s1. The van der Waals surface area contributed by atoms with Gasteiger partial charge < -0.3 is 93.6 Å². The van der Waals surface area contributed by atoms with Gasteiger partial charge in [0.2, 0.25) is 82.7 Å². The highest BCUT2D eigenvalue weighted by Gasteiger charge is 2.47. The number of aliphatic hydroxyl groups is 1. The van der Waals surface area contributed by atoms with Gasteiger partial charge in [-0.25, -0.2) is 0 Å². The second-order valence-corrected chi connectivity index (χ2v) is 29.2. The van der Waals surface area contributed by atoms with Gasteiger partial charge in [0.1, 0.15) is 84.3 Å². The molecule has 36 heteroatoms. The fourth-order valence-electron chi connectivity index (χ4n) is 13.0. The van der Waals surface area contributed by atoms with Crippen molar-refractivity contribution in [3.63, 3.8) is 0 Å². The van der Waals surface area contributed by atoms with E-state index in [-0.39, 0.29) is 89.6 Å². The Morgan fingerprint density at radius 1 is 0.453 bits per heavy atom. The van der Waals surface area contributed by atoms with Crippen LogP contribution in [0, 0.1) is 5.92 Å². The van der Waals surface area contributed by atoms with Crippen molar-refractivity contribution in [2.75, 3.05) is 44.3 Å². The monoisotopic (exact) mass is 1510 g/mol. The van der Waals surface area contributed by atoms with E-state index in [9.17, 15) is 82.8 Å². The molecule has 572 valence electrons. The maximum absolute atomic E-state index is 15.3. The summed E-state index contributed by atoms with van der Waals surface area (Å²) in [6.07, 6.45) is -1.77. The topological polar surface area (TPSA) is 496 Å². The van der Waals surface area contributed by atoms with Crippen molar-refractivity contribution in [3.05, 3.63) is 102 Å². The number of nitrogens with one attached hydrogen (secondary N) is 11. The summed E-state index contributed by atoms with van der Waals surface area (Å²) in [7, 11) is 1.75. The normalized spacial score (nSPS) is 27.7. The van der Waals surface area contributed by atoms with Gasteiger partial charge in [-0.2, -0.15) is 0 Å². The molecule has 3 aromatic rings. The molecule has 5 aliphatic heterocycles. The van der Waals surface area contributed by atoms with Crippen LogP contribution in [0.15, 0.2) is 84.9 Å². The molecule has 0 aliphatic carbocycles. The maximum Gasteiger partial charge on any atom is 0.305 e. The molecule has 14 atom stereocenters. The number of benzene rings is 3. The maximum atomic E-state index is 15.3. The zero-order chi connectivity index (χ0) is 76.9. The molecule has 106 heavy (non-hydrogen) atoms. The lowest BCUT2D eigenvalue weighted by Crippen LogP contribution is -2.62. The average molecular weight is 1510 g/mol. The average Bonchev–Trinajstić information content (AvgIpc) is 1.63. The SMILES string of the molecule is CC[C@H](C)[C@@H]1NC(=O)[C@@H]2CCCN2C(=O)[C@@H]2CCCN2C(=O)[C@H](CC(=O)O)NC(=O)[C@H](CO)NC(=O)[C@H](Cc2ccc(O)cc2)NC(=O)[C@H](C)NC(=O)[C@@H]2CSSC[C@H](NC1=O)C(=O)N[C@@H](Cc1ccccc1)C(=O)N1CCC[C@H]1C(=O)N[C@@H](CC(=O)O)C(=O)NCC(=O)N[C@@H](Cc1ccccc1)C(=O)N2. The van der Waals surface area contributed by atoms with Crippen LogP contribution in [0.3, 0.4) is 0 Å². The van der Waals surface area contributed by atoms with Crippen molar-refractivity contribution >= 4 is 116 Å². The van der Waals surface area contributed by atoms with E-state index in [0.717, 1.165) is 26.5 Å². The molecule has 5 saturated heterocycles. The number of hydrogen-bond donors (Lipinski definition) is 15. The number of carbonyl (C=O) groups excluding carboxylic acids is 14. The highest BCUT2D eigenvalue weighted by Crippen LogP contribution is 2.29. The molecule has 2 bridgehead atoms. The van der Waals surface area contributed by atoms with Gasteiger partial charge in [-0.05, 0) is 80.2 Å². The third-order valence-electron chi connectivity index (χ3n) is 18.9. The van der Waals surface area contributed by atoms with Crippen LogP contribution in [0.25, 0.3) is 0 Å². The predicted octanol–water partition coefficient (Wildman–Crippen LogP) is -3.23. The second-order valence-electron chi connectivity index (χ2n) is 26.6. The first-order valence-corrected chi connectivity index (χ1v) is 37.5. The number of carboxylic acid groups (broad SMARTS) is 2. The number of phenolic OH excluding ortho intramolecular Hbond substituents is 1. The molecule has 15 N–H and O–H groups in total. The number of rotatable bonds is 13. The Morgan fingerprint density at radius 3 is 1.43 bits per heavy atom. The third kappa shape index (κ3) is 22.3. The van der Waals surface area contributed by atoms with Gasteiger partial charge in [-0.15, -0.1) is 0 Å². The number of nitrogens with zero attached hydrogens (tertiary/aromatic N) is 3. The number of carboxylic acids is 2. The minimum atomic E-state index is -1.94. The Bertz CT molecular complexity index is 3750. The largest absolute Gasteiger partial charge is 0.508 e. The van der Waals surface area contributed by atoms with E-state index < -0.39 is 217 Å². The van der Waals surface area contributed by atoms with E-state index in [1.54, 1.807) is 74.5 Å². The Labute approximate surface area is 617 Å². The number of fused-ring (bicyclic) bond motifs is 8. The zero-order valence-electron chi connectivity index (χ0n) is 58.6. The molecule has 0 radical (unpaired) electrons. The molecular formula is C70H90N14O20S2. The molecule has 8 rings (SSSR count). The van der Waals surface area contributed by atoms with E-state index in [4.69, 9.17) is 0 Å². The zero-order valence-corrected chi connectivity index (χ0v) is 60.2. The molecule has 0 saturated carbocycles. The number of aromatic hydroxyl groups is 1. The predicted molar refractivity (Wildman–Crippen MR) is 380 cm³/mol. The van der Waals surface area contributed by atoms with E-state index in [2.05, 4.69) is 58.5 Å². The number of amides is 14.